The molecule has 1 aromatic rings. The van der Waals surface area contributed by atoms with Crippen LogP contribution < -0.4 is 5.32 Å². The van der Waals surface area contributed by atoms with Crippen LogP contribution in [0.5, 0.6) is 0 Å². The Balaban J connectivity index is 2.76. The van der Waals surface area contributed by atoms with E-state index in [0.29, 0.717) is 6.04 Å². The zero-order valence-corrected chi connectivity index (χ0v) is 14.2. The number of thioether (sulfide) groups is 1. The van der Waals surface area contributed by atoms with Crippen molar-refractivity contribution >= 4 is 27.7 Å². The van der Waals surface area contributed by atoms with Crippen LogP contribution >= 0.6 is 27.7 Å². The van der Waals surface area contributed by atoms with Crippen molar-refractivity contribution in [1.82, 2.24) is 15.1 Å². The first kappa shape index (κ1) is 16.1. The Bertz CT molecular complexity index is 365. The highest BCUT2D eigenvalue weighted by Crippen LogP contribution is 2.23. The molecule has 0 aromatic carbocycles. The first-order chi connectivity index (χ1) is 8.63. The van der Waals surface area contributed by atoms with Crippen LogP contribution in [0.4, 0.5) is 0 Å². The van der Waals surface area contributed by atoms with Gasteiger partial charge in [-0.3, -0.25) is 4.68 Å². The maximum absolute atomic E-state index is 4.56. The van der Waals surface area contributed by atoms with Gasteiger partial charge in [0.05, 0.1) is 15.9 Å². The Morgan fingerprint density at radius 2 is 2.17 bits per heavy atom. The molecule has 0 amide bonds. The predicted molar refractivity (Wildman–Crippen MR) is 84.5 cm³/mol. The molecular formula is C13H24BrN3S. The summed E-state index contributed by atoms with van der Waals surface area (Å²) in [5.74, 6) is 1.14. The van der Waals surface area contributed by atoms with E-state index >= 15 is 0 Å². The van der Waals surface area contributed by atoms with Gasteiger partial charge in [-0.25, -0.2) is 0 Å². The van der Waals surface area contributed by atoms with Gasteiger partial charge < -0.3 is 5.32 Å². The summed E-state index contributed by atoms with van der Waals surface area (Å²) in [5, 5.41) is 8.18. The van der Waals surface area contributed by atoms with Crippen LogP contribution in [0.1, 0.15) is 31.7 Å². The number of aromatic nitrogens is 2. The molecule has 1 atom stereocenters. The molecule has 1 heterocycles. The van der Waals surface area contributed by atoms with Crippen molar-refractivity contribution in [2.24, 2.45) is 7.05 Å². The lowest BCUT2D eigenvalue weighted by atomic mass is 10.1. The van der Waals surface area contributed by atoms with E-state index in [2.05, 4.69) is 46.4 Å². The lowest BCUT2D eigenvalue weighted by Crippen LogP contribution is -2.34. The summed E-state index contributed by atoms with van der Waals surface area (Å²) >= 11 is 5.59. The van der Waals surface area contributed by atoms with Crippen LogP contribution in [-0.4, -0.2) is 34.4 Å². The SMILES string of the molecule is CCCNC(CSC)Cc1c(Br)c(CC)nn1C. The van der Waals surface area contributed by atoms with E-state index in [9.17, 15) is 0 Å². The van der Waals surface area contributed by atoms with Crippen molar-refractivity contribution in [2.45, 2.75) is 39.2 Å². The Hall–Kier alpha value is 0. The van der Waals surface area contributed by atoms with E-state index in [1.54, 1.807) is 0 Å². The molecule has 0 spiro atoms. The third-order valence-electron chi connectivity index (χ3n) is 2.99. The maximum Gasteiger partial charge on any atom is 0.0766 e. The highest BCUT2D eigenvalue weighted by Gasteiger charge is 2.17. The second kappa shape index (κ2) is 8.23. The average Bonchev–Trinajstić information content (AvgIpc) is 2.63. The van der Waals surface area contributed by atoms with Gasteiger partial charge in [-0.15, -0.1) is 0 Å². The molecule has 0 saturated carbocycles. The number of hydrogen-bond donors (Lipinski definition) is 1. The third kappa shape index (κ3) is 4.28. The molecular weight excluding hydrogens is 310 g/mol. The Labute approximate surface area is 123 Å². The molecule has 1 aromatic heterocycles. The topological polar surface area (TPSA) is 29.9 Å². The minimum absolute atomic E-state index is 0.524. The zero-order chi connectivity index (χ0) is 13.5. The van der Waals surface area contributed by atoms with Gasteiger partial charge in [0, 0.05) is 25.3 Å². The summed E-state index contributed by atoms with van der Waals surface area (Å²) in [5.41, 5.74) is 2.46. The fourth-order valence-corrected chi connectivity index (χ4v) is 3.43. The summed E-state index contributed by atoms with van der Waals surface area (Å²) < 4.78 is 3.21. The molecule has 18 heavy (non-hydrogen) atoms. The number of aryl methyl sites for hydroxylation is 2. The van der Waals surface area contributed by atoms with Crippen LogP contribution in [0.3, 0.4) is 0 Å². The van der Waals surface area contributed by atoms with Crippen molar-refractivity contribution in [2.75, 3.05) is 18.6 Å². The number of nitrogens with one attached hydrogen (secondary N) is 1. The lowest BCUT2D eigenvalue weighted by Gasteiger charge is -2.17. The molecule has 3 nitrogen and oxygen atoms in total. The van der Waals surface area contributed by atoms with E-state index in [1.807, 2.05) is 23.5 Å². The van der Waals surface area contributed by atoms with Gasteiger partial charge in [0.2, 0.25) is 0 Å². The minimum Gasteiger partial charge on any atom is -0.313 e. The first-order valence-electron chi connectivity index (χ1n) is 6.56. The molecule has 104 valence electrons. The van der Waals surface area contributed by atoms with Gasteiger partial charge in [-0.05, 0) is 41.6 Å². The van der Waals surface area contributed by atoms with Crippen molar-refractivity contribution in [3.05, 3.63) is 15.9 Å². The normalized spacial score (nSPS) is 12.9. The quantitative estimate of drug-likeness (QED) is 0.793. The second-order valence-corrected chi connectivity index (χ2v) is 6.20. The molecule has 1 unspecified atom stereocenters. The molecule has 5 heteroatoms. The van der Waals surface area contributed by atoms with E-state index in [0.717, 1.165) is 30.8 Å². The van der Waals surface area contributed by atoms with Crippen LogP contribution in [0.2, 0.25) is 0 Å². The Kier molecular flexibility index (Phi) is 7.34. The molecule has 0 radical (unpaired) electrons. The third-order valence-corrected chi connectivity index (χ3v) is 4.64. The summed E-state index contributed by atoms with van der Waals surface area (Å²) in [6, 6.07) is 0.524. The van der Waals surface area contributed by atoms with E-state index in [-0.39, 0.29) is 0 Å². The summed E-state index contributed by atoms with van der Waals surface area (Å²) in [6.07, 6.45) is 5.35. The van der Waals surface area contributed by atoms with Gasteiger partial charge in [0.1, 0.15) is 0 Å². The average molecular weight is 334 g/mol. The Morgan fingerprint density at radius 1 is 1.44 bits per heavy atom. The number of rotatable bonds is 8. The molecule has 1 N–H and O–H groups in total. The first-order valence-corrected chi connectivity index (χ1v) is 8.75. The van der Waals surface area contributed by atoms with Gasteiger partial charge in [0.15, 0.2) is 0 Å². The van der Waals surface area contributed by atoms with E-state index in [1.165, 1.54) is 16.6 Å². The largest absolute Gasteiger partial charge is 0.313 e. The predicted octanol–water partition coefficient (Wildman–Crippen LogP) is 3.02. The monoisotopic (exact) mass is 333 g/mol. The lowest BCUT2D eigenvalue weighted by molar-refractivity contribution is 0.531. The molecule has 0 saturated heterocycles. The maximum atomic E-state index is 4.56. The molecule has 0 aliphatic rings. The Morgan fingerprint density at radius 3 is 2.67 bits per heavy atom. The molecule has 0 bridgehead atoms. The van der Waals surface area contributed by atoms with E-state index < -0.39 is 0 Å². The second-order valence-electron chi connectivity index (χ2n) is 4.50. The van der Waals surface area contributed by atoms with Gasteiger partial charge >= 0.3 is 0 Å². The highest BCUT2D eigenvalue weighted by molar-refractivity contribution is 9.10. The zero-order valence-electron chi connectivity index (χ0n) is 11.8. The van der Waals surface area contributed by atoms with Crippen molar-refractivity contribution in [3.63, 3.8) is 0 Å². The minimum atomic E-state index is 0.524. The molecule has 0 fully saturated rings. The number of nitrogens with zero attached hydrogens (tertiary/aromatic N) is 2. The summed E-state index contributed by atoms with van der Waals surface area (Å²) in [7, 11) is 2.04. The summed E-state index contributed by atoms with van der Waals surface area (Å²) in [6.45, 7) is 5.44. The standard InChI is InChI=1S/C13H24BrN3S/c1-5-7-15-10(9-18-4)8-12-13(14)11(6-2)16-17(12)3/h10,15H,5-9H2,1-4H3. The van der Waals surface area contributed by atoms with E-state index in [4.69, 9.17) is 0 Å². The number of halogens is 1. The van der Waals surface area contributed by atoms with Crippen LogP contribution in [-0.2, 0) is 19.9 Å². The van der Waals surface area contributed by atoms with Crippen LogP contribution in [0, 0.1) is 0 Å². The van der Waals surface area contributed by atoms with Gasteiger partial charge in [-0.2, -0.15) is 16.9 Å². The van der Waals surface area contributed by atoms with Gasteiger partial charge in [0.25, 0.3) is 0 Å². The van der Waals surface area contributed by atoms with Crippen molar-refractivity contribution in [1.29, 1.82) is 0 Å². The number of hydrogen-bond acceptors (Lipinski definition) is 3. The van der Waals surface area contributed by atoms with Gasteiger partial charge in [-0.1, -0.05) is 13.8 Å². The van der Waals surface area contributed by atoms with Crippen molar-refractivity contribution in [3.8, 4) is 0 Å². The van der Waals surface area contributed by atoms with Crippen LogP contribution in [0.25, 0.3) is 0 Å². The smallest absolute Gasteiger partial charge is 0.0766 e. The molecule has 0 aliphatic heterocycles. The summed E-state index contributed by atoms with van der Waals surface area (Å²) in [4.78, 5) is 0. The molecule has 0 aliphatic carbocycles. The fourth-order valence-electron chi connectivity index (χ4n) is 2.01. The van der Waals surface area contributed by atoms with Crippen LogP contribution in [0.15, 0.2) is 4.47 Å². The highest BCUT2D eigenvalue weighted by atomic mass is 79.9. The molecule has 1 rings (SSSR count). The fraction of sp³-hybridized carbons (Fsp3) is 0.769. The van der Waals surface area contributed by atoms with Crippen molar-refractivity contribution < 1.29 is 0 Å².